The Kier molecular flexibility index (Phi) is 5.58. The first-order valence-electron chi connectivity index (χ1n) is 8.51. The van der Waals surface area contributed by atoms with E-state index < -0.39 is 5.97 Å². The smallest absolute Gasteiger partial charge is 0.355 e. The average Bonchev–Trinajstić information content (AvgIpc) is 2.95. The third kappa shape index (κ3) is 3.46. The number of aromatic nitrogens is 1. The molecule has 0 fully saturated rings. The third-order valence-corrected chi connectivity index (χ3v) is 5.51. The molecule has 1 aliphatic carbocycles. The lowest BCUT2D eigenvalue weighted by atomic mass is 9.80. The minimum atomic E-state index is -0.391. The fraction of sp³-hybridized carbons (Fsp3) is 0.368. The molecule has 0 radical (unpaired) electrons. The van der Waals surface area contributed by atoms with Crippen molar-refractivity contribution in [2.45, 2.75) is 33.1 Å². The summed E-state index contributed by atoms with van der Waals surface area (Å²) in [5, 5.41) is 14.3. The molecule has 1 aromatic carbocycles. The van der Waals surface area contributed by atoms with Gasteiger partial charge in [-0.15, -0.1) is 0 Å². The van der Waals surface area contributed by atoms with Crippen molar-refractivity contribution in [3.05, 3.63) is 56.3 Å². The lowest BCUT2D eigenvalue weighted by Gasteiger charge is -2.24. The number of esters is 1. The summed E-state index contributed by atoms with van der Waals surface area (Å²) in [4.78, 5) is 15.3. The van der Waals surface area contributed by atoms with Gasteiger partial charge in [0.25, 0.3) is 0 Å². The van der Waals surface area contributed by atoms with Crippen LogP contribution in [0.4, 0.5) is 0 Å². The maximum atomic E-state index is 12.1. The van der Waals surface area contributed by atoms with Gasteiger partial charge in [0, 0.05) is 17.2 Å². The van der Waals surface area contributed by atoms with E-state index in [2.05, 4.69) is 10.1 Å². The van der Waals surface area contributed by atoms with E-state index >= 15 is 0 Å². The first-order chi connectivity index (χ1) is 12.5. The van der Waals surface area contributed by atoms with Crippen LogP contribution in [0, 0.1) is 12.8 Å². The second-order valence-electron chi connectivity index (χ2n) is 6.37. The molecule has 2 N–H and O–H groups in total. The van der Waals surface area contributed by atoms with Crippen LogP contribution in [0.2, 0.25) is 10.0 Å². The Bertz CT molecular complexity index is 874. The molecule has 5 nitrogen and oxygen atoms in total. The van der Waals surface area contributed by atoms with E-state index in [1.54, 1.807) is 13.0 Å². The van der Waals surface area contributed by atoms with Gasteiger partial charge in [-0.25, -0.2) is 4.79 Å². The minimum absolute atomic E-state index is 0.0225. The largest absolute Gasteiger partial charge is 0.461 e. The van der Waals surface area contributed by atoms with Crippen LogP contribution < -0.4 is 0 Å². The highest BCUT2D eigenvalue weighted by molar-refractivity contribution is 6.42. The Morgan fingerprint density at radius 1 is 1.38 bits per heavy atom. The molecule has 2 aromatic rings. The predicted molar refractivity (Wildman–Crippen MR) is 102 cm³/mol. The van der Waals surface area contributed by atoms with E-state index in [1.807, 2.05) is 19.1 Å². The highest BCUT2D eigenvalue weighted by Crippen LogP contribution is 2.33. The molecule has 3 rings (SSSR count). The van der Waals surface area contributed by atoms with Gasteiger partial charge in [0.1, 0.15) is 5.69 Å². The quantitative estimate of drug-likeness (QED) is 0.444. The van der Waals surface area contributed by atoms with E-state index in [1.165, 1.54) is 0 Å². The van der Waals surface area contributed by atoms with Gasteiger partial charge in [-0.05, 0) is 56.4 Å². The Hall–Kier alpha value is -1.98. The van der Waals surface area contributed by atoms with E-state index in [-0.39, 0.29) is 5.92 Å². The van der Waals surface area contributed by atoms with Crippen LogP contribution in [-0.2, 0) is 17.6 Å². The lowest BCUT2D eigenvalue weighted by Crippen LogP contribution is -2.25. The molecule has 0 saturated heterocycles. The number of oxime groups is 1. The van der Waals surface area contributed by atoms with Crippen molar-refractivity contribution in [3.8, 4) is 0 Å². The fourth-order valence-electron chi connectivity index (χ4n) is 3.54. The van der Waals surface area contributed by atoms with Gasteiger partial charge in [-0.3, -0.25) is 0 Å². The van der Waals surface area contributed by atoms with Crippen LogP contribution in [0.15, 0.2) is 23.4 Å². The Balaban J connectivity index is 1.92. The van der Waals surface area contributed by atoms with Gasteiger partial charge < -0.3 is 14.9 Å². The summed E-state index contributed by atoms with van der Waals surface area (Å²) in [6.07, 6.45) is 2.24. The lowest BCUT2D eigenvalue weighted by molar-refractivity contribution is 0.0519. The molecule has 0 aliphatic heterocycles. The number of carbonyl (C=O) groups is 1. The number of benzene rings is 1. The van der Waals surface area contributed by atoms with Crippen LogP contribution in [0.5, 0.6) is 0 Å². The van der Waals surface area contributed by atoms with E-state index in [0.29, 0.717) is 34.5 Å². The summed E-state index contributed by atoms with van der Waals surface area (Å²) in [5.41, 5.74) is 4.50. The zero-order valence-electron chi connectivity index (χ0n) is 14.6. The predicted octanol–water partition coefficient (Wildman–Crippen LogP) is 4.79. The Labute approximate surface area is 162 Å². The normalized spacial score (nSPS) is 18.0. The molecule has 0 amide bonds. The molecule has 0 bridgehead atoms. The molecule has 0 spiro atoms. The third-order valence-electron chi connectivity index (χ3n) is 4.77. The standard InChI is InChI=1S/C19H20Cl2N2O3/c1-3-26-19(24)17-10(2)16-15(22-17)7-5-12(18(16)23-25)8-11-4-6-13(20)14(21)9-11/h4,6,9,12,22,25H,3,5,7-8H2,1-2H3/b23-18-. The highest BCUT2D eigenvalue weighted by atomic mass is 35.5. The van der Waals surface area contributed by atoms with Crippen LogP contribution >= 0.6 is 23.2 Å². The first kappa shape index (κ1) is 18.8. The van der Waals surface area contributed by atoms with Crippen LogP contribution in [0.25, 0.3) is 0 Å². The van der Waals surface area contributed by atoms with Gasteiger partial charge in [0.2, 0.25) is 0 Å². The molecule has 138 valence electrons. The maximum absolute atomic E-state index is 12.1. The molecular weight excluding hydrogens is 375 g/mol. The summed E-state index contributed by atoms with van der Waals surface area (Å²) < 4.78 is 5.10. The molecule has 1 atom stereocenters. The summed E-state index contributed by atoms with van der Waals surface area (Å²) in [7, 11) is 0. The number of hydrogen-bond acceptors (Lipinski definition) is 4. The molecule has 26 heavy (non-hydrogen) atoms. The Morgan fingerprint density at radius 3 is 2.81 bits per heavy atom. The number of aryl methyl sites for hydroxylation is 1. The van der Waals surface area contributed by atoms with Crippen molar-refractivity contribution in [3.63, 3.8) is 0 Å². The number of ether oxygens (including phenoxy) is 1. The fourth-order valence-corrected chi connectivity index (χ4v) is 3.86. The van der Waals surface area contributed by atoms with E-state index in [9.17, 15) is 10.0 Å². The number of fused-ring (bicyclic) bond motifs is 1. The van der Waals surface area contributed by atoms with Crippen LogP contribution in [-0.4, -0.2) is 28.5 Å². The molecule has 1 aromatic heterocycles. The Morgan fingerprint density at radius 2 is 2.15 bits per heavy atom. The SMILES string of the molecule is CCOC(=O)c1[nH]c2c(c1C)/C(=N\O)C(Cc1ccc(Cl)c(Cl)c1)CC2. The first-order valence-corrected chi connectivity index (χ1v) is 9.26. The van der Waals surface area contributed by atoms with Crippen molar-refractivity contribution < 1.29 is 14.7 Å². The zero-order chi connectivity index (χ0) is 18.8. The minimum Gasteiger partial charge on any atom is -0.461 e. The molecule has 1 unspecified atom stereocenters. The molecule has 0 saturated carbocycles. The number of carbonyl (C=O) groups excluding carboxylic acids is 1. The number of halogens is 2. The van der Waals surface area contributed by atoms with Gasteiger partial charge in [0.05, 0.1) is 22.4 Å². The van der Waals surface area contributed by atoms with Gasteiger partial charge in [-0.2, -0.15) is 0 Å². The monoisotopic (exact) mass is 394 g/mol. The van der Waals surface area contributed by atoms with Crippen molar-refractivity contribution in [2.24, 2.45) is 11.1 Å². The number of nitrogens with zero attached hydrogens (tertiary/aromatic N) is 1. The second-order valence-corrected chi connectivity index (χ2v) is 7.19. The van der Waals surface area contributed by atoms with Crippen molar-refractivity contribution in [1.82, 2.24) is 4.98 Å². The average molecular weight is 395 g/mol. The number of nitrogens with one attached hydrogen (secondary N) is 1. The molecular formula is C19H20Cl2N2O3. The zero-order valence-corrected chi connectivity index (χ0v) is 16.1. The van der Waals surface area contributed by atoms with E-state index in [0.717, 1.165) is 35.2 Å². The van der Waals surface area contributed by atoms with E-state index in [4.69, 9.17) is 27.9 Å². The van der Waals surface area contributed by atoms with Crippen LogP contribution in [0.3, 0.4) is 0 Å². The summed E-state index contributed by atoms with van der Waals surface area (Å²) in [6, 6.07) is 5.53. The van der Waals surface area contributed by atoms with Gasteiger partial charge in [0.15, 0.2) is 0 Å². The number of hydrogen-bond donors (Lipinski definition) is 2. The number of rotatable bonds is 4. The van der Waals surface area contributed by atoms with Crippen LogP contribution in [0.1, 0.15) is 46.2 Å². The maximum Gasteiger partial charge on any atom is 0.355 e. The van der Waals surface area contributed by atoms with Gasteiger partial charge in [-0.1, -0.05) is 34.4 Å². The molecule has 1 aliphatic rings. The highest BCUT2D eigenvalue weighted by Gasteiger charge is 2.32. The summed E-state index contributed by atoms with van der Waals surface area (Å²) >= 11 is 12.1. The topological polar surface area (TPSA) is 74.7 Å². The van der Waals surface area contributed by atoms with Crippen molar-refractivity contribution >= 4 is 34.9 Å². The number of aromatic amines is 1. The molecule has 1 heterocycles. The summed E-state index contributed by atoms with van der Waals surface area (Å²) in [5.74, 6) is -0.369. The van der Waals surface area contributed by atoms with Gasteiger partial charge >= 0.3 is 5.97 Å². The summed E-state index contributed by atoms with van der Waals surface area (Å²) in [6.45, 7) is 3.92. The van der Waals surface area contributed by atoms with Crippen molar-refractivity contribution in [2.75, 3.05) is 6.61 Å². The molecule has 7 heteroatoms. The second kappa shape index (κ2) is 7.72. The van der Waals surface area contributed by atoms with Crippen molar-refractivity contribution in [1.29, 1.82) is 0 Å². The number of H-pyrrole nitrogens is 1.